The monoisotopic (exact) mass is 223 g/mol. The van der Waals surface area contributed by atoms with E-state index in [9.17, 15) is 22.4 Å². The predicted octanol–water partition coefficient (Wildman–Crippen LogP) is 1.74. The largest absolute Gasteiger partial charge is 0.480 e. The SMILES string of the molecule is O=C(O)CNc1c(F)c(F)cc(F)c1F. The van der Waals surface area contributed by atoms with Gasteiger partial charge >= 0.3 is 5.97 Å². The number of hydrogen-bond acceptors (Lipinski definition) is 2. The summed E-state index contributed by atoms with van der Waals surface area (Å²) >= 11 is 0. The van der Waals surface area contributed by atoms with E-state index in [0.29, 0.717) is 0 Å². The van der Waals surface area contributed by atoms with Gasteiger partial charge in [-0.3, -0.25) is 4.79 Å². The van der Waals surface area contributed by atoms with Crippen LogP contribution in [0.1, 0.15) is 0 Å². The molecule has 1 aromatic carbocycles. The van der Waals surface area contributed by atoms with Gasteiger partial charge in [-0.1, -0.05) is 0 Å². The van der Waals surface area contributed by atoms with Crippen molar-refractivity contribution in [2.45, 2.75) is 0 Å². The molecule has 82 valence electrons. The standard InChI is InChI=1S/C8H5F4NO2/c9-3-1-4(10)7(12)8(6(3)11)13-2-5(14)15/h1,13H,2H2,(H,14,15). The Morgan fingerprint density at radius 2 is 1.67 bits per heavy atom. The molecule has 15 heavy (non-hydrogen) atoms. The number of halogens is 4. The third kappa shape index (κ3) is 2.36. The highest BCUT2D eigenvalue weighted by Crippen LogP contribution is 2.23. The van der Waals surface area contributed by atoms with Crippen molar-refractivity contribution in [2.75, 3.05) is 11.9 Å². The van der Waals surface area contributed by atoms with Crippen LogP contribution in [0.2, 0.25) is 0 Å². The molecule has 7 heteroatoms. The molecule has 0 aliphatic carbocycles. The third-order valence-corrected chi connectivity index (χ3v) is 1.53. The van der Waals surface area contributed by atoms with Crippen molar-refractivity contribution in [1.29, 1.82) is 0 Å². The zero-order chi connectivity index (χ0) is 11.6. The van der Waals surface area contributed by atoms with Crippen molar-refractivity contribution >= 4 is 11.7 Å². The maximum absolute atomic E-state index is 12.9. The van der Waals surface area contributed by atoms with Crippen LogP contribution in [0.25, 0.3) is 0 Å². The zero-order valence-electron chi connectivity index (χ0n) is 7.15. The zero-order valence-corrected chi connectivity index (χ0v) is 7.15. The number of benzene rings is 1. The number of rotatable bonds is 3. The fourth-order valence-corrected chi connectivity index (χ4v) is 0.892. The van der Waals surface area contributed by atoms with Crippen LogP contribution < -0.4 is 5.32 Å². The molecule has 1 rings (SSSR count). The number of nitrogens with one attached hydrogen (secondary N) is 1. The van der Waals surface area contributed by atoms with Gasteiger partial charge in [-0.15, -0.1) is 0 Å². The number of hydrogen-bond donors (Lipinski definition) is 2. The molecule has 0 heterocycles. The van der Waals surface area contributed by atoms with E-state index in [1.54, 1.807) is 5.32 Å². The molecule has 2 N–H and O–H groups in total. The van der Waals surface area contributed by atoms with Crippen LogP contribution in [-0.2, 0) is 4.79 Å². The average Bonchev–Trinajstić information content (AvgIpc) is 2.14. The Hall–Kier alpha value is -1.79. The highest BCUT2D eigenvalue weighted by Gasteiger charge is 2.19. The van der Waals surface area contributed by atoms with Crippen LogP contribution in [-0.4, -0.2) is 17.6 Å². The van der Waals surface area contributed by atoms with Gasteiger partial charge in [-0.05, 0) is 0 Å². The van der Waals surface area contributed by atoms with Gasteiger partial charge in [-0.2, -0.15) is 0 Å². The molecule has 0 aliphatic heterocycles. The van der Waals surface area contributed by atoms with Gasteiger partial charge < -0.3 is 10.4 Å². The first kappa shape index (κ1) is 11.3. The van der Waals surface area contributed by atoms with Gasteiger partial charge in [0.1, 0.15) is 12.2 Å². The summed E-state index contributed by atoms with van der Waals surface area (Å²) in [4.78, 5) is 10.1. The summed E-state index contributed by atoms with van der Waals surface area (Å²) in [5, 5.41) is 9.93. The summed E-state index contributed by atoms with van der Waals surface area (Å²) in [6.07, 6.45) is 0. The van der Waals surface area contributed by atoms with Crippen LogP contribution >= 0.6 is 0 Å². The van der Waals surface area contributed by atoms with Crippen molar-refractivity contribution in [3.8, 4) is 0 Å². The van der Waals surface area contributed by atoms with Crippen molar-refractivity contribution in [3.05, 3.63) is 29.3 Å². The topological polar surface area (TPSA) is 49.3 Å². The molecule has 0 atom stereocenters. The van der Waals surface area contributed by atoms with Crippen LogP contribution in [0.3, 0.4) is 0 Å². The molecule has 3 nitrogen and oxygen atoms in total. The summed E-state index contributed by atoms with van der Waals surface area (Å²) in [7, 11) is 0. The first-order valence-electron chi connectivity index (χ1n) is 3.72. The summed E-state index contributed by atoms with van der Waals surface area (Å²) in [6, 6.07) is 0.0383. The van der Waals surface area contributed by atoms with Crippen LogP contribution in [0.5, 0.6) is 0 Å². The summed E-state index contributed by atoms with van der Waals surface area (Å²) in [6.45, 7) is -0.850. The first-order chi connectivity index (χ1) is 6.93. The maximum atomic E-state index is 12.9. The highest BCUT2D eigenvalue weighted by molar-refractivity contribution is 5.72. The molecule has 0 saturated heterocycles. The Morgan fingerprint density at radius 1 is 1.20 bits per heavy atom. The highest BCUT2D eigenvalue weighted by atomic mass is 19.2. The molecule has 0 spiro atoms. The lowest BCUT2D eigenvalue weighted by molar-refractivity contribution is -0.134. The second-order valence-electron chi connectivity index (χ2n) is 2.59. The van der Waals surface area contributed by atoms with Gasteiger partial charge in [0.2, 0.25) is 0 Å². The Kier molecular flexibility index (Phi) is 3.13. The van der Waals surface area contributed by atoms with Crippen LogP contribution in [0.15, 0.2) is 6.07 Å². The van der Waals surface area contributed by atoms with Crippen molar-refractivity contribution < 1.29 is 27.5 Å². The molecular weight excluding hydrogens is 218 g/mol. The molecule has 0 unspecified atom stereocenters. The van der Waals surface area contributed by atoms with Gasteiger partial charge in [-0.25, -0.2) is 17.6 Å². The van der Waals surface area contributed by atoms with Crippen LogP contribution in [0, 0.1) is 23.3 Å². The first-order valence-corrected chi connectivity index (χ1v) is 3.72. The lowest BCUT2D eigenvalue weighted by atomic mass is 10.2. The lowest BCUT2D eigenvalue weighted by Crippen LogP contribution is -2.15. The number of carbonyl (C=O) groups is 1. The van der Waals surface area contributed by atoms with Gasteiger partial charge in [0, 0.05) is 6.07 Å². The van der Waals surface area contributed by atoms with E-state index in [0.717, 1.165) is 0 Å². The average molecular weight is 223 g/mol. The minimum atomic E-state index is -1.66. The quantitative estimate of drug-likeness (QED) is 0.606. The third-order valence-electron chi connectivity index (χ3n) is 1.53. The predicted molar refractivity (Wildman–Crippen MR) is 42.4 cm³/mol. The summed E-state index contributed by atoms with van der Waals surface area (Å²) in [5.41, 5.74) is -1.13. The van der Waals surface area contributed by atoms with Crippen molar-refractivity contribution in [1.82, 2.24) is 0 Å². The lowest BCUT2D eigenvalue weighted by Gasteiger charge is -2.07. The molecule has 0 aliphatic rings. The Morgan fingerprint density at radius 3 is 2.07 bits per heavy atom. The summed E-state index contributed by atoms with van der Waals surface area (Å²) < 4.78 is 50.9. The Bertz CT molecular complexity index is 382. The number of carboxylic acids is 1. The van der Waals surface area contributed by atoms with Gasteiger partial charge in [0.15, 0.2) is 23.3 Å². The molecule has 0 fully saturated rings. The number of anilines is 1. The molecule has 0 saturated carbocycles. The van der Waals surface area contributed by atoms with E-state index in [1.807, 2.05) is 0 Å². The van der Waals surface area contributed by atoms with E-state index >= 15 is 0 Å². The Balaban J connectivity index is 3.09. The van der Waals surface area contributed by atoms with Crippen LogP contribution in [0.4, 0.5) is 23.2 Å². The Labute approximate surface area is 81.3 Å². The second kappa shape index (κ2) is 4.16. The van der Waals surface area contributed by atoms with E-state index in [1.165, 1.54) is 0 Å². The molecule has 0 radical (unpaired) electrons. The maximum Gasteiger partial charge on any atom is 0.322 e. The van der Waals surface area contributed by atoms with E-state index in [-0.39, 0.29) is 6.07 Å². The number of carboxylic acid groups (broad SMARTS) is 1. The fraction of sp³-hybridized carbons (Fsp3) is 0.125. The molecular formula is C8H5F4NO2. The van der Waals surface area contributed by atoms with Crippen molar-refractivity contribution in [3.63, 3.8) is 0 Å². The molecule has 1 aromatic rings. The van der Waals surface area contributed by atoms with Gasteiger partial charge in [0.05, 0.1) is 0 Å². The molecule has 0 bridgehead atoms. The van der Waals surface area contributed by atoms with E-state index in [4.69, 9.17) is 5.11 Å². The molecule has 0 aromatic heterocycles. The summed E-state index contributed by atoms with van der Waals surface area (Å²) in [5.74, 6) is -7.92. The molecule has 0 amide bonds. The van der Waals surface area contributed by atoms with Gasteiger partial charge in [0.25, 0.3) is 0 Å². The minimum Gasteiger partial charge on any atom is -0.480 e. The second-order valence-corrected chi connectivity index (χ2v) is 2.59. The van der Waals surface area contributed by atoms with E-state index < -0.39 is 41.5 Å². The normalized spacial score (nSPS) is 10.1. The number of aliphatic carboxylic acids is 1. The van der Waals surface area contributed by atoms with E-state index in [2.05, 4.69) is 0 Å². The minimum absolute atomic E-state index is 0.0383. The smallest absolute Gasteiger partial charge is 0.322 e. The fourth-order valence-electron chi connectivity index (χ4n) is 0.892. The van der Waals surface area contributed by atoms with Crippen molar-refractivity contribution in [2.24, 2.45) is 0 Å².